The summed E-state index contributed by atoms with van der Waals surface area (Å²) in [5.41, 5.74) is 0.477. The third-order valence-electron chi connectivity index (χ3n) is 6.13. The zero-order valence-electron chi connectivity index (χ0n) is 17.5. The van der Waals surface area contributed by atoms with E-state index in [9.17, 15) is 14.4 Å². The first-order valence-corrected chi connectivity index (χ1v) is 10.2. The van der Waals surface area contributed by atoms with Crippen LogP contribution in [0.5, 0.6) is 0 Å². The predicted octanol–water partition coefficient (Wildman–Crippen LogP) is 1.59. The Balaban J connectivity index is 1.57. The van der Waals surface area contributed by atoms with Crippen LogP contribution in [0, 0.1) is 5.92 Å². The molecule has 2 aliphatic heterocycles. The standard InChI is InChI=1S/C20H28N6O3/c1-5-24-18(28)20(25(19(24)29)13-14(2)3)6-8-23(9-7-20)17(27)15-12-21-26-11-10-22(4)16(15)26/h10-12,14H,5-9,13H2,1-4H3. The highest BCUT2D eigenvalue weighted by Crippen LogP contribution is 2.38. The number of piperidine rings is 1. The van der Waals surface area contributed by atoms with Crippen LogP contribution in [0.25, 0.3) is 5.65 Å². The molecule has 9 heteroatoms. The molecule has 2 aromatic rings. The fourth-order valence-corrected chi connectivity index (χ4v) is 4.61. The van der Waals surface area contributed by atoms with Crippen LogP contribution >= 0.6 is 0 Å². The maximum Gasteiger partial charge on any atom is 0.327 e. The van der Waals surface area contributed by atoms with Crippen LogP contribution in [0.2, 0.25) is 0 Å². The number of likely N-dealkylation sites (N-methyl/N-ethyl adjacent to an activating group) is 1. The average Bonchev–Trinajstić information content (AvgIpc) is 3.33. The van der Waals surface area contributed by atoms with Gasteiger partial charge in [0.05, 0.1) is 6.20 Å². The summed E-state index contributed by atoms with van der Waals surface area (Å²) in [6.07, 6.45) is 6.18. The number of imidazole rings is 1. The molecule has 2 saturated heterocycles. The number of urea groups is 1. The molecule has 29 heavy (non-hydrogen) atoms. The maximum absolute atomic E-state index is 13.1. The highest BCUT2D eigenvalue weighted by atomic mass is 16.2. The fourth-order valence-electron chi connectivity index (χ4n) is 4.61. The second-order valence-electron chi connectivity index (χ2n) is 8.40. The second-order valence-corrected chi connectivity index (χ2v) is 8.40. The third kappa shape index (κ3) is 2.82. The number of hydrogen-bond acceptors (Lipinski definition) is 4. The summed E-state index contributed by atoms with van der Waals surface area (Å²) >= 11 is 0. The second kappa shape index (κ2) is 6.89. The van der Waals surface area contributed by atoms with Gasteiger partial charge in [-0.25, -0.2) is 9.31 Å². The fraction of sp³-hybridized carbons (Fsp3) is 0.600. The van der Waals surface area contributed by atoms with Gasteiger partial charge in [0.15, 0.2) is 0 Å². The average molecular weight is 400 g/mol. The summed E-state index contributed by atoms with van der Waals surface area (Å²) < 4.78 is 3.55. The number of aryl methyl sites for hydroxylation is 1. The number of amides is 4. The highest BCUT2D eigenvalue weighted by Gasteiger charge is 2.57. The number of likely N-dealkylation sites (tertiary alicyclic amines) is 1. The largest absolute Gasteiger partial charge is 0.338 e. The first-order valence-electron chi connectivity index (χ1n) is 10.2. The first-order chi connectivity index (χ1) is 13.8. The molecule has 4 rings (SSSR count). The number of imide groups is 1. The van der Waals surface area contributed by atoms with Crippen molar-refractivity contribution in [3.8, 4) is 0 Å². The zero-order chi connectivity index (χ0) is 20.9. The SMILES string of the molecule is CCN1C(=O)N(CC(C)C)C2(CCN(C(=O)c3cnn4ccn(C)c34)CC2)C1=O. The van der Waals surface area contributed by atoms with Crippen molar-refractivity contribution in [3.05, 3.63) is 24.2 Å². The number of fused-ring (bicyclic) bond motifs is 1. The zero-order valence-corrected chi connectivity index (χ0v) is 17.5. The van der Waals surface area contributed by atoms with E-state index in [1.54, 1.807) is 20.5 Å². The lowest BCUT2D eigenvalue weighted by Gasteiger charge is -2.42. The molecule has 156 valence electrons. The molecular weight excluding hydrogens is 372 g/mol. The molecule has 4 heterocycles. The van der Waals surface area contributed by atoms with Gasteiger partial charge in [0.25, 0.3) is 11.8 Å². The van der Waals surface area contributed by atoms with Crippen LogP contribution in [0.1, 0.15) is 44.0 Å². The van der Waals surface area contributed by atoms with Crippen LogP contribution in [-0.2, 0) is 11.8 Å². The molecule has 2 aliphatic rings. The maximum atomic E-state index is 13.1. The number of carbonyl (C=O) groups excluding carboxylic acids is 3. The van der Waals surface area contributed by atoms with E-state index >= 15 is 0 Å². The van der Waals surface area contributed by atoms with Gasteiger partial charge in [-0.3, -0.25) is 14.5 Å². The van der Waals surface area contributed by atoms with Crippen molar-refractivity contribution in [3.63, 3.8) is 0 Å². The lowest BCUT2D eigenvalue weighted by Crippen LogP contribution is -2.58. The summed E-state index contributed by atoms with van der Waals surface area (Å²) in [6, 6.07) is -0.201. The van der Waals surface area contributed by atoms with Gasteiger partial charge in [-0.15, -0.1) is 0 Å². The minimum atomic E-state index is -0.826. The molecular formula is C20H28N6O3. The summed E-state index contributed by atoms with van der Waals surface area (Å²) in [4.78, 5) is 44.0. The monoisotopic (exact) mass is 400 g/mol. The number of carbonyl (C=O) groups is 3. The number of aromatic nitrogens is 3. The number of rotatable bonds is 4. The van der Waals surface area contributed by atoms with Gasteiger partial charge in [0.2, 0.25) is 0 Å². The van der Waals surface area contributed by atoms with E-state index in [1.807, 2.05) is 44.8 Å². The van der Waals surface area contributed by atoms with Gasteiger partial charge in [-0.1, -0.05) is 13.8 Å². The predicted molar refractivity (Wildman–Crippen MR) is 106 cm³/mol. The molecule has 0 saturated carbocycles. The smallest absolute Gasteiger partial charge is 0.327 e. The molecule has 0 bridgehead atoms. The Hall–Kier alpha value is -2.84. The Bertz CT molecular complexity index is 966. The number of hydrogen-bond donors (Lipinski definition) is 0. The molecule has 0 N–H and O–H groups in total. The Morgan fingerprint density at radius 3 is 2.52 bits per heavy atom. The van der Waals surface area contributed by atoms with Crippen LogP contribution in [0.3, 0.4) is 0 Å². The molecule has 4 amide bonds. The van der Waals surface area contributed by atoms with Gasteiger partial charge in [-0.2, -0.15) is 5.10 Å². The summed E-state index contributed by atoms with van der Waals surface area (Å²) in [5.74, 6) is 0.0578. The summed E-state index contributed by atoms with van der Waals surface area (Å²) in [5, 5.41) is 4.25. The Morgan fingerprint density at radius 2 is 1.90 bits per heavy atom. The molecule has 0 unspecified atom stereocenters. The van der Waals surface area contributed by atoms with E-state index < -0.39 is 5.54 Å². The van der Waals surface area contributed by atoms with Crippen LogP contribution < -0.4 is 0 Å². The van der Waals surface area contributed by atoms with Gasteiger partial charge in [0.1, 0.15) is 16.7 Å². The molecule has 1 spiro atoms. The van der Waals surface area contributed by atoms with Crippen LogP contribution in [-0.4, -0.2) is 78.4 Å². The molecule has 0 atom stereocenters. The van der Waals surface area contributed by atoms with Crippen molar-refractivity contribution in [2.24, 2.45) is 13.0 Å². The quantitative estimate of drug-likeness (QED) is 0.730. The third-order valence-corrected chi connectivity index (χ3v) is 6.13. The van der Waals surface area contributed by atoms with E-state index in [-0.39, 0.29) is 23.8 Å². The Kier molecular flexibility index (Phi) is 4.63. The molecule has 9 nitrogen and oxygen atoms in total. The van der Waals surface area contributed by atoms with Crippen molar-refractivity contribution in [2.75, 3.05) is 26.2 Å². The molecule has 2 fully saturated rings. The minimum Gasteiger partial charge on any atom is -0.338 e. The highest BCUT2D eigenvalue weighted by molar-refractivity contribution is 6.07. The van der Waals surface area contributed by atoms with Crippen molar-refractivity contribution in [1.29, 1.82) is 0 Å². The Morgan fingerprint density at radius 1 is 1.21 bits per heavy atom. The van der Waals surface area contributed by atoms with Crippen molar-refractivity contribution >= 4 is 23.5 Å². The molecule has 0 radical (unpaired) electrons. The van der Waals surface area contributed by atoms with Gasteiger partial charge < -0.3 is 14.4 Å². The summed E-state index contributed by atoms with van der Waals surface area (Å²) in [6.45, 7) is 7.71. The van der Waals surface area contributed by atoms with Gasteiger partial charge in [-0.05, 0) is 25.7 Å². The van der Waals surface area contributed by atoms with Crippen molar-refractivity contribution in [2.45, 2.75) is 39.2 Å². The van der Waals surface area contributed by atoms with E-state index in [2.05, 4.69) is 5.10 Å². The lowest BCUT2D eigenvalue weighted by atomic mass is 9.85. The van der Waals surface area contributed by atoms with E-state index in [0.29, 0.717) is 44.6 Å². The molecule has 0 aromatic carbocycles. The van der Waals surface area contributed by atoms with Crippen molar-refractivity contribution < 1.29 is 14.4 Å². The van der Waals surface area contributed by atoms with Crippen LogP contribution in [0.15, 0.2) is 18.6 Å². The Labute approximate surface area is 169 Å². The van der Waals surface area contributed by atoms with E-state index in [0.717, 1.165) is 5.65 Å². The van der Waals surface area contributed by atoms with Gasteiger partial charge >= 0.3 is 6.03 Å². The molecule has 2 aromatic heterocycles. The van der Waals surface area contributed by atoms with E-state index in [1.165, 1.54) is 4.90 Å². The van der Waals surface area contributed by atoms with Crippen LogP contribution in [0.4, 0.5) is 4.79 Å². The molecule has 0 aliphatic carbocycles. The van der Waals surface area contributed by atoms with E-state index in [4.69, 9.17) is 0 Å². The lowest BCUT2D eigenvalue weighted by molar-refractivity contribution is -0.135. The minimum absolute atomic E-state index is 0.0869. The summed E-state index contributed by atoms with van der Waals surface area (Å²) in [7, 11) is 1.88. The topological polar surface area (TPSA) is 83.2 Å². The number of nitrogens with zero attached hydrogens (tertiary/aromatic N) is 6. The first kappa shape index (κ1) is 19.5. The normalized spacial score (nSPS) is 19.4. The van der Waals surface area contributed by atoms with Crippen molar-refractivity contribution in [1.82, 2.24) is 28.9 Å². The van der Waals surface area contributed by atoms with Gasteiger partial charge in [0, 0.05) is 45.6 Å².